The lowest BCUT2D eigenvalue weighted by molar-refractivity contribution is -0.132. The zero-order chi connectivity index (χ0) is 19.3. The number of nitrogens with one attached hydrogen (secondary N) is 2. The van der Waals surface area contributed by atoms with Crippen molar-refractivity contribution in [3.8, 4) is 0 Å². The topological polar surface area (TPSA) is 81.3 Å². The summed E-state index contributed by atoms with van der Waals surface area (Å²) in [6.45, 7) is 3.02. The number of nitrogens with zero attached hydrogens (tertiary/aromatic N) is 3. The van der Waals surface area contributed by atoms with E-state index >= 15 is 0 Å². The quantitative estimate of drug-likeness (QED) is 0.711. The van der Waals surface area contributed by atoms with Crippen LogP contribution in [-0.4, -0.2) is 64.3 Å². The molecule has 1 aliphatic heterocycles. The number of H-pyrrole nitrogens is 1. The number of benzene rings is 1. The minimum Gasteiger partial charge on any atom is -0.360 e. The number of piperazine rings is 1. The second kappa shape index (κ2) is 8.22. The molecule has 7 heteroatoms. The highest BCUT2D eigenvalue weighted by atomic mass is 16.2. The number of pyridine rings is 1. The number of carbonyl (C=O) groups excluding carboxylic acids is 2. The number of aromatic amines is 1. The van der Waals surface area contributed by atoms with Crippen LogP contribution >= 0.6 is 0 Å². The van der Waals surface area contributed by atoms with Gasteiger partial charge in [-0.25, -0.2) is 0 Å². The molecule has 1 fully saturated rings. The predicted molar refractivity (Wildman–Crippen MR) is 108 cm³/mol. The van der Waals surface area contributed by atoms with Crippen LogP contribution in [0.3, 0.4) is 0 Å². The highest BCUT2D eigenvalue weighted by molar-refractivity contribution is 5.92. The van der Waals surface area contributed by atoms with Crippen LogP contribution in [0, 0.1) is 0 Å². The summed E-state index contributed by atoms with van der Waals surface area (Å²) < 4.78 is 0. The Bertz CT molecular complexity index is 961. The molecule has 4 rings (SSSR count). The summed E-state index contributed by atoms with van der Waals surface area (Å²) in [5.41, 5.74) is 2.74. The molecule has 2 aromatic heterocycles. The molecule has 2 N–H and O–H groups in total. The molecule has 0 atom stereocenters. The van der Waals surface area contributed by atoms with E-state index < -0.39 is 0 Å². The number of hydrogen-bond donors (Lipinski definition) is 2. The summed E-state index contributed by atoms with van der Waals surface area (Å²) in [5.74, 6) is 0.0875. The molecule has 28 heavy (non-hydrogen) atoms. The molecule has 1 aromatic carbocycles. The fraction of sp³-hybridized carbons (Fsp3) is 0.286. The van der Waals surface area contributed by atoms with E-state index in [2.05, 4.69) is 20.2 Å². The van der Waals surface area contributed by atoms with Crippen LogP contribution in [-0.2, 0) is 16.0 Å². The number of anilines is 1. The number of aromatic nitrogens is 2. The maximum absolute atomic E-state index is 12.7. The van der Waals surface area contributed by atoms with Gasteiger partial charge in [0.25, 0.3) is 0 Å². The van der Waals surface area contributed by atoms with Crippen molar-refractivity contribution in [1.82, 2.24) is 19.8 Å². The summed E-state index contributed by atoms with van der Waals surface area (Å²) in [6, 6.07) is 11.4. The molecule has 144 valence electrons. The third kappa shape index (κ3) is 4.20. The van der Waals surface area contributed by atoms with Crippen LogP contribution in [0.2, 0.25) is 0 Å². The number of hydrogen-bond acceptors (Lipinski definition) is 4. The lowest BCUT2D eigenvalue weighted by atomic mass is 10.1. The zero-order valence-electron chi connectivity index (χ0n) is 15.6. The Morgan fingerprint density at radius 2 is 1.86 bits per heavy atom. The van der Waals surface area contributed by atoms with Crippen LogP contribution in [0.25, 0.3) is 10.9 Å². The SMILES string of the molecule is O=C(CN1CCN(C(=O)Cc2c[nH]c3cnccc23)CC1)Nc1ccccc1. The van der Waals surface area contributed by atoms with Crippen molar-refractivity contribution in [1.29, 1.82) is 0 Å². The Morgan fingerprint density at radius 3 is 2.64 bits per heavy atom. The summed E-state index contributed by atoms with van der Waals surface area (Å²) in [5, 5.41) is 3.94. The maximum atomic E-state index is 12.7. The molecule has 2 amide bonds. The van der Waals surface area contributed by atoms with Crippen LogP contribution in [0.5, 0.6) is 0 Å². The van der Waals surface area contributed by atoms with Gasteiger partial charge < -0.3 is 15.2 Å². The van der Waals surface area contributed by atoms with Crippen molar-refractivity contribution >= 4 is 28.4 Å². The van der Waals surface area contributed by atoms with E-state index in [1.54, 1.807) is 12.4 Å². The molecule has 0 radical (unpaired) electrons. The Hall–Kier alpha value is -3.19. The van der Waals surface area contributed by atoms with Gasteiger partial charge in [-0.2, -0.15) is 0 Å². The molecule has 1 saturated heterocycles. The Morgan fingerprint density at radius 1 is 1.07 bits per heavy atom. The second-order valence-corrected chi connectivity index (χ2v) is 6.98. The molecule has 0 spiro atoms. The van der Waals surface area contributed by atoms with Crippen molar-refractivity contribution in [3.63, 3.8) is 0 Å². The Kier molecular flexibility index (Phi) is 5.34. The normalized spacial score (nSPS) is 14.9. The molecule has 3 aromatic rings. The van der Waals surface area contributed by atoms with Gasteiger partial charge in [0.2, 0.25) is 11.8 Å². The van der Waals surface area contributed by atoms with Crippen molar-refractivity contribution in [2.45, 2.75) is 6.42 Å². The van der Waals surface area contributed by atoms with Crippen LogP contribution in [0.1, 0.15) is 5.56 Å². The standard InChI is InChI=1S/C21H23N5O2/c27-20(24-17-4-2-1-3-5-17)15-25-8-10-26(11-9-25)21(28)12-16-13-23-19-14-22-7-6-18(16)19/h1-7,13-14,23H,8-12,15H2,(H,24,27). The first-order valence-electron chi connectivity index (χ1n) is 9.44. The van der Waals surface area contributed by atoms with E-state index in [4.69, 9.17) is 0 Å². The molecular weight excluding hydrogens is 354 g/mol. The summed E-state index contributed by atoms with van der Waals surface area (Å²) in [6.07, 6.45) is 5.76. The number of carbonyl (C=O) groups is 2. The largest absolute Gasteiger partial charge is 0.360 e. The van der Waals surface area contributed by atoms with Crippen molar-refractivity contribution < 1.29 is 9.59 Å². The van der Waals surface area contributed by atoms with Gasteiger partial charge in [-0.1, -0.05) is 18.2 Å². The van der Waals surface area contributed by atoms with Gasteiger partial charge in [-0.15, -0.1) is 0 Å². The number of fused-ring (bicyclic) bond motifs is 1. The number of amides is 2. The van der Waals surface area contributed by atoms with E-state index in [1.807, 2.05) is 47.5 Å². The molecule has 0 aliphatic carbocycles. The lowest BCUT2D eigenvalue weighted by Crippen LogP contribution is -2.50. The maximum Gasteiger partial charge on any atom is 0.238 e. The average molecular weight is 377 g/mol. The van der Waals surface area contributed by atoms with Crippen LogP contribution in [0.15, 0.2) is 55.0 Å². The summed E-state index contributed by atoms with van der Waals surface area (Å²) >= 11 is 0. The van der Waals surface area contributed by atoms with E-state index in [9.17, 15) is 9.59 Å². The summed E-state index contributed by atoms with van der Waals surface area (Å²) in [4.78, 5) is 36.1. The first-order valence-corrected chi connectivity index (χ1v) is 9.44. The molecular formula is C21H23N5O2. The van der Waals surface area contributed by atoms with Crippen molar-refractivity contribution in [2.24, 2.45) is 0 Å². The van der Waals surface area contributed by atoms with Gasteiger partial charge in [-0.05, 0) is 23.8 Å². The monoisotopic (exact) mass is 377 g/mol. The van der Waals surface area contributed by atoms with Gasteiger partial charge in [0.05, 0.1) is 24.7 Å². The molecule has 7 nitrogen and oxygen atoms in total. The van der Waals surface area contributed by atoms with Gasteiger partial charge in [-0.3, -0.25) is 19.5 Å². The number of para-hydroxylation sites is 1. The zero-order valence-corrected chi connectivity index (χ0v) is 15.6. The first kappa shape index (κ1) is 18.2. The molecule has 3 heterocycles. The molecule has 0 unspecified atom stereocenters. The molecule has 0 bridgehead atoms. The smallest absolute Gasteiger partial charge is 0.238 e. The third-order valence-corrected chi connectivity index (χ3v) is 5.06. The fourth-order valence-electron chi connectivity index (χ4n) is 3.53. The van der Waals surface area contributed by atoms with Gasteiger partial charge in [0, 0.05) is 49.6 Å². The van der Waals surface area contributed by atoms with Gasteiger partial charge in [0.1, 0.15) is 0 Å². The number of rotatable bonds is 5. The minimum absolute atomic E-state index is 0.0293. The van der Waals surface area contributed by atoms with Crippen molar-refractivity contribution in [2.75, 3.05) is 38.0 Å². The van der Waals surface area contributed by atoms with E-state index in [0.29, 0.717) is 39.1 Å². The minimum atomic E-state index is -0.0293. The van der Waals surface area contributed by atoms with Gasteiger partial charge >= 0.3 is 0 Å². The summed E-state index contributed by atoms with van der Waals surface area (Å²) in [7, 11) is 0. The van der Waals surface area contributed by atoms with E-state index in [1.165, 1.54) is 0 Å². The third-order valence-electron chi connectivity index (χ3n) is 5.06. The average Bonchev–Trinajstić information content (AvgIpc) is 3.12. The first-order chi connectivity index (χ1) is 13.7. The van der Waals surface area contributed by atoms with Crippen molar-refractivity contribution in [3.05, 3.63) is 60.6 Å². The highest BCUT2D eigenvalue weighted by Crippen LogP contribution is 2.18. The predicted octanol–water partition coefficient (Wildman–Crippen LogP) is 1.89. The van der Waals surface area contributed by atoms with E-state index in [0.717, 1.165) is 22.2 Å². The fourth-order valence-corrected chi connectivity index (χ4v) is 3.53. The second-order valence-electron chi connectivity index (χ2n) is 6.98. The van der Waals surface area contributed by atoms with Crippen LogP contribution < -0.4 is 5.32 Å². The van der Waals surface area contributed by atoms with Gasteiger partial charge in [0.15, 0.2) is 0 Å². The van der Waals surface area contributed by atoms with E-state index in [-0.39, 0.29) is 11.8 Å². The molecule has 0 saturated carbocycles. The highest BCUT2D eigenvalue weighted by Gasteiger charge is 2.23. The lowest BCUT2D eigenvalue weighted by Gasteiger charge is -2.34. The molecule has 1 aliphatic rings. The Labute approximate surface area is 163 Å². The van der Waals surface area contributed by atoms with Crippen LogP contribution in [0.4, 0.5) is 5.69 Å². The Balaban J connectivity index is 1.26.